The smallest absolute Gasteiger partial charge is 0.197 e. The van der Waals surface area contributed by atoms with Crippen LogP contribution in [0.1, 0.15) is 27.9 Å². The van der Waals surface area contributed by atoms with Gasteiger partial charge in [-0.15, -0.1) is 0 Å². The second kappa shape index (κ2) is 10.4. The molecule has 174 valence electrons. The first-order valence-corrected chi connectivity index (χ1v) is 11.5. The average molecular weight is 502 g/mol. The molecule has 0 fully saturated rings. The summed E-state index contributed by atoms with van der Waals surface area (Å²) in [6.07, 6.45) is 5.23. The number of hydrogen-bond donors (Lipinski definition) is 1. The number of pyridine rings is 1. The molecule has 0 aliphatic carbocycles. The quantitative estimate of drug-likeness (QED) is 0.168. The van der Waals surface area contributed by atoms with Crippen molar-refractivity contribution in [1.82, 2.24) is 19.7 Å². The van der Waals surface area contributed by atoms with Gasteiger partial charge in [0, 0.05) is 41.3 Å². The second-order valence-electron chi connectivity index (χ2n) is 7.28. The summed E-state index contributed by atoms with van der Waals surface area (Å²) in [5, 5.41) is -0.219. The van der Waals surface area contributed by atoms with E-state index in [0.29, 0.717) is 16.7 Å². The number of nitrogens with one attached hydrogen (secondary N) is 1. The van der Waals surface area contributed by atoms with Crippen molar-refractivity contribution in [1.29, 1.82) is 0 Å². The fourth-order valence-corrected chi connectivity index (χ4v) is 4.06. The van der Waals surface area contributed by atoms with Crippen molar-refractivity contribution < 1.29 is 22.3 Å². The van der Waals surface area contributed by atoms with Crippen molar-refractivity contribution in [3.05, 3.63) is 88.3 Å². The maximum absolute atomic E-state index is 14.7. The summed E-state index contributed by atoms with van der Waals surface area (Å²) >= 11 is 3.86. The number of hydrogen-bond acceptors (Lipinski definition) is 6. The van der Waals surface area contributed by atoms with Crippen LogP contribution >= 0.6 is 11.6 Å². The van der Waals surface area contributed by atoms with Gasteiger partial charge in [-0.3, -0.25) is 19.0 Å². The average Bonchev–Trinajstić information content (AvgIpc) is 2.84. The minimum absolute atomic E-state index is 0.0643. The molecule has 1 N–H and O–H groups in total. The molecular weight excluding hydrogens is 486 g/mol. The van der Waals surface area contributed by atoms with Crippen molar-refractivity contribution in [3.8, 4) is 11.3 Å². The Hall–Kier alpha value is -3.18. The van der Waals surface area contributed by atoms with Crippen LogP contribution in [0, 0.1) is 11.6 Å². The highest BCUT2D eigenvalue weighted by atomic mass is 35.5. The van der Waals surface area contributed by atoms with E-state index >= 15 is 0 Å². The number of fused-ring (bicyclic) bond motifs is 1. The SMILES string of the molecule is O=C(c1ccc2ncc(-c3ccncc3)nc2c1)c1c(F)c(F)cc(CCCNS(=O)[O-])c1Cl. The summed E-state index contributed by atoms with van der Waals surface area (Å²) < 4.78 is 52.3. The molecule has 34 heavy (non-hydrogen) atoms. The lowest BCUT2D eigenvalue weighted by atomic mass is 9.98. The minimum atomic E-state index is -2.43. The van der Waals surface area contributed by atoms with Gasteiger partial charge in [0.2, 0.25) is 0 Å². The van der Waals surface area contributed by atoms with E-state index < -0.39 is 34.2 Å². The van der Waals surface area contributed by atoms with E-state index in [1.54, 1.807) is 36.8 Å². The molecule has 1 unspecified atom stereocenters. The Bertz CT molecular complexity index is 1410. The summed E-state index contributed by atoms with van der Waals surface area (Å²) in [6, 6.07) is 8.89. The standard InChI is InChI=1S/C23H17ClF2N4O3S/c24-21-14(2-1-7-29-34(32)33)10-16(25)22(26)20(21)23(31)15-3-4-17-18(11-15)30-19(12-28-17)13-5-8-27-9-6-13/h3-6,8-12,29H,1-2,7H2,(H,32,33)/p-1. The molecule has 0 saturated carbocycles. The Balaban J connectivity index is 1.68. The highest BCUT2D eigenvalue weighted by Gasteiger charge is 2.24. The topological polar surface area (TPSA) is 108 Å². The minimum Gasteiger partial charge on any atom is -0.760 e. The first-order valence-electron chi connectivity index (χ1n) is 10.1. The van der Waals surface area contributed by atoms with Gasteiger partial charge >= 0.3 is 0 Å². The third kappa shape index (κ3) is 5.15. The predicted molar refractivity (Wildman–Crippen MR) is 123 cm³/mol. The number of aryl methyl sites for hydroxylation is 1. The summed E-state index contributed by atoms with van der Waals surface area (Å²) in [5.41, 5.74) is 1.92. The third-order valence-corrected chi connectivity index (χ3v) is 5.95. The molecule has 11 heteroatoms. The number of halogens is 3. The van der Waals surface area contributed by atoms with Gasteiger partial charge in [0.25, 0.3) is 0 Å². The van der Waals surface area contributed by atoms with Gasteiger partial charge in [0.15, 0.2) is 17.4 Å². The fourth-order valence-electron chi connectivity index (χ4n) is 3.43. The molecule has 0 aliphatic rings. The van der Waals surface area contributed by atoms with Crippen LogP contribution in [0.25, 0.3) is 22.3 Å². The molecule has 0 amide bonds. The second-order valence-corrected chi connectivity index (χ2v) is 8.41. The van der Waals surface area contributed by atoms with Crippen LogP contribution in [0.3, 0.4) is 0 Å². The Morgan fingerprint density at radius 3 is 2.62 bits per heavy atom. The van der Waals surface area contributed by atoms with Crippen molar-refractivity contribution in [2.75, 3.05) is 6.54 Å². The summed E-state index contributed by atoms with van der Waals surface area (Å²) in [6.45, 7) is 0.0812. The Morgan fingerprint density at radius 1 is 1.12 bits per heavy atom. The maximum atomic E-state index is 14.7. The van der Waals surface area contributed by atoms with Crippen LogP contribution in [-0.2, 0) is 17.7 Å². The zero-order valence-corrected chi connectivity index (χ0v) is 19.0. The maximum Gasteiger partial charge on any atom is 0.197 e. The molecule has 4 aromatic rings. The molecule has 1 atom stereocenters. The molecule has 0 radical (unpaired) electrons. The number of rotatable bonds is 8. The summed E-state index contributed by atoms with van der Waals surface area (Å²) in [4.78, 5) is 26.0. The van der Waals surface area contributed by atoms with Gasteiger partial charge in [-0.25, -0.2) is 18.5 Å². The zero-order chi connectivity index (χ0) is 24.2. The van der Waals surface area contributed by atoms with E-state index in [1.165, 1.54) is 12.1 Å². The molecule has 0 bridgehead atoms. The van der Waals surface area contributed by atoms with E-state index in [0.717, 1.165) is 11.6 Å². The van der Waals surface area contributed by atoms with Crippen LogP contribution in [0.2, 0.25) is 5.02 Å². The fraction of sp³-hybridized carbons (Fsp3) is 0.130. The Morgan fingerprint density at radius 2 is 1.88 bits per heavy atom. The summed E-state index contributed by atoms with van der Waals surface area (Å²) in [5.74, 6) is -3.38. The number of carbonyl (C=O) groups is 1. The highest BCUT2D eigenvalue weighted by molar-refractivity contribution is 7.77. The number of aromatic nitrogens is 3. The monoisotopic (exact) mass is 501 g/mol. The van der Waals surface area contributed by atoms with Gasteiger partial charge < -0.3 is 4.55 Å². The van der Waals surface area contributed by atoms with Gasteiger partial charge in [0.1, 0.15) is 0 Å². The number of carbonyl (C=O) groups excluding carboxylic acids is 1. The largest absolute Gasteiger partial charge is 0.760 e. The van der Waals surface area contributed by atoms with E-state index in [9.17, 15) is 22.3 Å². The van der Waals surface area contributed by atoms with Crippen molar-refractivity contribution in [2.45, 2.75) is 12.8 Å². The van der Waals surface area contributed by atoms with Crippen LogP contribution in [-0.4, -0.2) is 36.0 Å². The Kier molecular flexibility index (Phi) is 7.32. The van der Waals surface area contributed by atoms with Crippen LogP contribution in [0.5, 0.6) is 0 Å². The normalized spacial score (nSPS) is 12.1. The van der Waals surface area contributed by atoms with Crippen LogP contribution < -0.4 is 4.72 Å². The lowest BCUT2D eigenvalue weighted by molar-refractivity contribution is 0.103. The predicted octanol–water partition coefficient (Wildman–Crippen LogP) is 4.17. The molecule has 0 spiro atoms. The molecule has 2 heterocycles. The van der Waals surface area contributed by atoms with E-state index in [2.05, 4.69) is 19.7 Å². The van der Waals surface area contributed by atoms with Crippen molar-refractivity contribution in [3.63, 3.8) is 0 Å². The molecule has 0 saturated heterocycles. The van der Waals surface area contributed by atoms with E-state index in [4.69, 9.17) is 11.6 Å². The van der Waals surface area contributed by atoms with E-state index in [-0.39, 0.29) is 35.5 Å². The first-order chi connectivity index (χ1) is 16.3. The third-order valence-electron chi connectivity index (χ3n) is 5.08. The van der Waals surface area contributed by atoms with Crippen molar-refractivity contribution in [2.24, 2.45) is 0 Å². The number of benzene rings is 2. The van der Waals surface area contributed by atoms with E-state index in [1.807, 2.05) is 0 Å². The van der Waals surface area contributed by atoms with Crippen molar-refractivity contribution >= 4 is 39.7 Å². The molecule has 2 aromatic heterocycles. The molecular formula is C23H16ClF2N4O3S-. The summed E-state index contributed by atoms with van der Waals surface area (Å²) in [7, 11) is 0. The lowest BCUT2D eigenvalue weighted by Crippen LogP contribution is -2.18. The number of ketones is 1. The van der Waals surface area contributed by atoms with Gasteiger partial charge in [-0.2, -0.15) is 0 Å². The van der Waals surface area contributed by atoms with Gasteiger partial charge in [-0.05, 0) is 54.8 Å². The molecule has 7 nitrogen and oxygen atoms in total. The first kappa shape index (κ1) is 24.0. The lowest BCUT2D eigenvalue weighted by Gasteiger charge is -2.12. The number of nitrogens with zero attached hydrogens (tertiary/aromatic N) is 3. The van der Waals surface area contributed by atoms with Crippen LogP contribution in [0.4, 0.5) is 8.78 Å². The van der Waals surface area contributed by atoms with Gasteiger partial charge in [-0.1, -0.05) is 11.6 Å². The Labute approximate surface area is 200 Å². The van der Waals surface area contributed by atoms with Crippen LogP contribution in [0.15, 0.2) is 55.0 Å². The highest BCUT2D eigenvalue weighted by Crippen LogP contribution is 2.30. The molecule has 2 aromatic carbocycles. The zero-order valence-electron chi connectivity index (χ0n) is 17.4. The molecule has 0 aliphatic heterocycles. The van der Waals surface area contributed by atoms with Gasteiger partial charge in [0.05, 0.1) is 33.5 Å². The molecule has 4 rings (SSSR count).